The zero-order valence-corrected chi connectivity index (χ0v) is 24.4. The molecule has 7 heteroatoms. The van der Waals surface area contributed by atoms with Crippen molar-refractivity contribution in [2.75, 3.05) is 26.4 Å². The second kappa shape index (κ2) is 14.5. The Morgan fingerprint density at radius 1 is 0.552 bits per heavy atom. The maximum absolute atomic E-state index is 6.68. The van der Waals surface area contributed by atoms with Gasteiger partial charge in [0.15, 0.2) is 16.6 Å². The summed E-state index contributed by atoms with van der Waals surface area (Å²) in [6, 6.07) is 2.28. The van der Waals surface area contributed by atoms with Gasteiger partial charge in [-0.2, -0.15) is 0 Å². The van der Waals surface area contributed by atoms with E-state index >= 15 is 0 Å². The summed E-state index contributed by atoms with van der Waals surface area (Å²) < 4.78 is 24.9. The van der Waals surface area contributed by atoms with E-state index in [-0.39, 0.29) is 0 Å². The lowest BCUT2D eigenvalue weighted by Gasteiger charge is -2.38. The van der Waals surface area contributed by atoms with Gasteiger partial charge < -0.3 is 17.7 Å². The second-order valence-electron chi connectivity index (χ2n) is 10.9. The van der Waals surface area contributed by atoms with Crippen LogP contribution in [0.5, 0.6) is 0 Å². The Balaban J connectivity index is 4.17. The molecule has 0 aromatic carbocycles. The average Bonchev–Trinajstić information content (AvgIpc) is 2.51. The van der Waals surface area contributed by atoms with Gasteiger partial charge in [-0.05, 0) is 88.9 Å². The molecule has 176 valence electrons. The average molecular weight is 465 g/mol. The van der Waals surface area contributed by atoms with Gasteiger partial charge in [0.25, 0.3) is 0 Å². The molecule has 4 nitrogen and oxygen atoms in total. The van der Waals surface area contributed by atoms with E-state index in [0.29, 0.717) is 11.8 Å². The molecule has 0 N–H and O–H groups in total. The molecule has 0 aromatic rings. The Bertz CT molecular complexity index is 377. The van der Waals surface area contributed by atoms with Crippen molar-refractivity contribution in [2.45, 2.75) is 105 Å². The topological polar surface area (TPSA) is 36.9 Å². The summed E-state index contributed by atoms with van der Waals surface area (Å²) in [7, 11) is -5.56. The maximum atomic E-state index is 6.68. The molecule has 0 saturated carbocycles. The first-order valence-corrected chi connectivity index (χ1v) is 20.9. The summed E-state index contributed by atoms with van der Waals surface area (Å²) in [6.07, 6.45) is 4.48. The predicted octanol–water partition coefficient (Wildman–Crippen LogP) is 7.04. The molecule has 0 saturated heterocycles. The molecule has 0 heterocycles. The van der Waals surface area contributed by atoms with Gasteiger partial charge in [0.1, 0.15) is 0 Å². The fraction of sp³-hybridized carbons (Fsp3) is 1.00. The van der Waals surface area contributed by atoms with E-state index in [2.05, 4.69) is 67.0 Å². The van der Waals surface area contributed by atoms with Crippen molar-refractivity contribution < 1.29 is 17.7 Å². The third-order valence-electron chi connectivity index (χ3n) is 4.86. The highest BCUT2D eigenvalue weighted by atomic mass is 28.5. The molecule has 0 aromatic heterocycles. The normalized spacial score (nSPS) is 13.7. The van der Waals surface area contributed by atoms with E-state index in [4.69, 9.17) is 17.7 Å². The van der Waals surface area contributed by atoms with Crippen LogP contribution in [0, 0.1) is 11.8 Å². The van der Waals surface area contributed by atoms with Gasteiger partial charge in [0.2, 0.25) is 0 Å². The molecule has 0 rings (SSSR count). The molecule has 0 amide bonds. The SMILES string of the molecule is CC(C)CCOCCC[Si](C)(C)O[Si](C)(C)O[Si](C)(C)CCCOCCC(C)C. The first kappa shape index (κ1) is 29.5. The van der Waals surface area contributed by atoms with Gasteiger partial charge in [-0.1, -0.05) is 27.7 Å². The number of rotatable bonds is 18. The number of ether oxygens (including phenoxy) is 2. The van der Waals surface area contributed by atoms with Crippen LogP contribution < -0.4 is 0 Å². The molecular formula is C22H52O4Si3. The quantitative estimate of drug-likeness (QED) is 0.161. The monoisotopic (exact) mass is 464 g/mol. The van der Waals surface area contributed by atoms with E-state index in [9.17, 15) is 0 Å². The van der Waals surface area contributed by atoms with E-state index in [1.165, 1.54) is 0 Å². The lowest BCUT2D eigenvalue weighted by molar-refractivity contribution is 0.123. The van der Waals surface area contributed by atoms with Gasteiger partial charge in [0, 0.05) is 26.4 Å². The molecule has 0 aliphatic rings. The first-order chi connectivity index (χ1) is 13.2. The van der Waals surface area contributed by atoms with E-state index in [0.717, 1.165) is 64.2 Å². The molecule has 0 unspecified atom stereocenters. The third-order valence-corrected chi connectivity index (χ3v) is 16.3. The van der Waals surface area contributed by atoms with Gasteiger partial charge in [-0.3, -0.25) is 0 Å². The smallest absolute Gasteiger partial charge is 0.311 e. The van der Waals surface area contributed by atoms with Crippen LogP contribution in [-0.4, -0.2) is 51.6 Å². The van der Waals surface area contributed by atoms with Crippen molar-refractivity contribution in [3.63, 3.8) is 0 Å². The summed E-state index contributed by atoms with van der Waals surface area (Å²) in [4.78, 5) is 0. The number of hydrogen-bond acceptors (Lipinski definition) is 4. The molecule has 29 heavy (non-hydrogen) atoms. The van der Waals surface area contributed by atoms with Crippen molar-refractivity contribution in [3.05, 3.63) is 0 Å². The molecule has 0 spiro atoms. The molecule has 0 aliphatic carbocycles. The van der Waals surface area contributed by atoms with Gasteiger partial charge >= 0.3 is 8.56 Å². The molecule has 0 bridgehead atoms. The second-order valence-corrected chi connectivity index (χ2v) is 23.4. The van der Waals surface area contributed by atoms with Crippen molar-refractivity contribution in [2.24, 2.45) is 11.8 Å². The highest BCUT2D eigenvalue weighted by molar-refractivity contribution is 6.87. The number of hydrogen-bond donors (Lipinski definition) is 0. The Morgan fingerprint density at radius 3 is 1.21 bits per heavy atom. The predicted molar refractivity (Wildman–Crippen MR) is 134 cm³/mol. The van der Waals surface area contributed by atoms with Crippen LogP contribution in [0.15, 0.2) is 0 Å². The Kier molecular flexibility index (Phi) is 14.8. The highest BCUT2D eigenvalue weighted by Gasteiger charge is 2.39. The molecule has 0 radical (unpaired) electrons. The van der Waals surface area contributed by atoms with Crippen molar-refractivity contribution in [1.82, 2.24) is 0 Å². The van der Waals surface area contributed by atoms with Crippen LogP contribution in [-0.2, 0) is 17.7 Å². The lowest BCUT2D eigenvalue weighted by atomic mass is 10.1. The molecule has 0 atom stereocenters. The Morgan fingerprint density at radius 2 is 0.897 bits per heavy atom. The van der Waals surface area contributed by atoms with E-state index < -0.39 is 25.2 Å². The summed E-state index contributed by atoms with van der Waals surface area (Å²) in [6.45, 7) is 26.2. The van der Waals surface area contributed by atoms with Crippen LogP contribution in [0.3, 0.4) is 0 Å². The van der Waals surface area contributed by atoms with Crippen LogP contribution >= 0.6 is 0 Å². The maximum Gasteiger partial charge on any atom is 0.311 e. The largest absolute Gasteiger partial charge is 0.437 e. The zero-order valence-electron chi connectivity index (χ0n) is 21.4. The molecule has 0 fully saturated rings. The van der Waals surface area contributed by atoms with Gasteiger partial charge in [-0.15, -0.1) is 0 Å². The fourth-order valence-corrected chi connectivity index (χ4v) is 17.5. The summed E-state index contributed by atoms with van der Waals surface area (Å²) in [5, 5.41) is 0. The molecular weight excluding hydrogens is 412 g/mol. The van der Waals surface area contributed by atoms with Crippen LogP contribution in [0.4, 0.5) is 0 Å². The highest BCUT2D eigenvalue weighted by Crippen LogP contribution is 2.26. The van der Waals surface area contributed by atoms with Gasteiger partial charge in [0.05, 0.1) is 0 Å². The van der Waals surface area contributed by atoms with Gasteiger partial charge in [-0.25, -0.2) is 0 Å². The van der Waals surface area contributed by atoms with Crippen LogP contribution in [0.1, 0.15) is 53.4 Å². The summed E-state index contributed by atoms with van der Waals surface area (Å²) in [5.74, 6) is 1.43. The summed E-state index contributed by atoms with van der Waals surface area (Å²) in [5.41, 5.74) is 0. The van der Waals surface area contributed by atoms with Crippen molar-refractivity contribution in [3.8, 4) is 0 Å². The first-order valence-electron chi connectivity index (χ1n) is 11.8. The third kappa shape index (κ3) is 18.9. The van der Waals surface area contributed by atoms with Crippen molar-refractivity contribution in [1.29, 1.82) is 0 Å². The zero-order chi connectivity index (χ0) is 22.6. The minimum Gasteiger partial charge on any atom is -0.437 e. The lowest BCUT2D eigenvalue weighted by Crippen LogP contribution is -2.52. The van der Waals surface area contributed by atoms with Crippen LogP contribution in [0.25, 0.3) is 0 Å². The molecule has 0 aliphatic heterocycles. The Hall–Kier alpha value is 0.491. The van der Waals surface area contributed by atoms with Crippen LogP contribution in [0.2, 0.25) is 51.4 Å². The fourth-order valence-electron chi connectivity index (χ4n) is 3.50. The Labute approximate surface area is 185 Å². The standard InChI is InChI=1S/C22H52O4Si3/c1-21(2)13-17-23-15-11-19-27(5,6)25-29(9,10)26-28(7,8)20-12-16-24-18-14-22(3)4/h21-22H,11-20H2,1-10H3. The van der Waals surface area contributed by atoms with Crippen molar-refractivity contribution >= 4 is 25.2 Å². The van der Waals surface area contributed by atoms with E-state index in [1.807, 2.05) is 0 Å². The summed E-state index contributed by atoms with van der Waals surface area (Å²) >= 11 is 0. The minimum absolute atomic E-state index is 0.715. The van der Waals surface area contributed by atoms with E-state index in [1.54, 1.807) is 0 Å². The minimum atomic E-state index is -2.11.